The molecule has 0 aliphatic carbocycles. The SMILES string of the molecule is CCCNC(CCc1ccccn1)Cc1ccccc1. The Morgan fingerprint density at radius 3 is 2.55 bits per heavy atom. The van der Waals surface area contributed by atoms with Gasteiger partial charge in [0.25, 0.3) is 0 Å². The fourth-order valence-electron chi connectivity index (χ4n) is 2.39. The van der Waals surface area contributed by atoms with Gasteiger partial charge in [0.15, 0.2) is 0 Å². The van der Waals surface area contributed by atoms with E-state index in [1.165, 1.54) is 17.7 Å². The Kier molecular flexibility index (Phi) is 6.25. The van der Waals surface area contributed by atoms with Gasteiger partial charge in [0.2, 0.25) is 0 Å². The van der Waals surface area contributed by atoms with Gasteiger partial charge >= 0.3 is 0 Å². The summed E-state index contributed by atoms with van der Waals surface area (Å²) in [7, 11) is 0. The van der Waals surface area contributed by atoms with Crippen molar-refractivity contribution in [2.45, 2.75) is 38.6 Å². The fourth-order valence-corrected chi connectivity index (χ4v) is 2.39. The molecule has 2 heteroatoms. The highest BCUT2D eigenvalue weighted by Crippen LogP contribution is 2.09. The molecule has 2 rings (SSSR count). The van der Waals surface area contributed by atoms with Gasteiger partial charge in [0.05, 0.1) is 0 Å². The van der Waals surface area contributed by atoms with Crippen LogP contribution in [0.1, 0.15) is 31.0 Å². The number of aryl methyl sites for hydroxylation is 1. The first-order chi connectivity index (χ1) is 9.88. The maximum absolute atomic E-state index is 4.41. The largest absolute Gasteiger partial charge is 0.314 e. The Balaban J connectivity index is 1.89. The standard InChI is InChI=1S/C18H24N2/c1-2-13-19-18(15-16-8-4-3-5-9-16)12-11-17-10-6-7-14-20-17/h3-10,14,18-19H,2,11-13,15H2,1H3. The molecule has 0 aliphatic rings. The van der Waals surface area contributed by atoms with E-state index in [9.17, 15) is 0 Å². The Morgan fingerprint density at radius 2 is 1.85 bits per heavy atom. The van der Waals surface area contributed by atoms with Crippen molar-refractivity contribution in [1.82, 2.24) is 10.3 Å². The smallest absolute Gasteiger partial charge is 0.0404 e. The molecule has 0 radical (unpaired) electrons. The van der Waals surface area contributed by atoms with E-state index in [-0.39, 0.29) is 0 Å². The highest BCUT2D eigenvalue weighted by atomic mass is 14.9. The summed E-state index contributed by atoms with van der Waals surface area (Å²) in [6.07, 6.45) is 6.31. The molecular formula is C18H24N2. The fraction of sp³-hybridized carbons (Fsp3) is 0.389. The summed E-state index contributed by atoms with van der Waals surface area (Å²) < 4.78 is 0. The molecule has 106 valence electrons. The number of hydrogen-bond donors (Lipinski definition) is 1. The van der Waals surface area contributed by atoms with Gasteiger partial charge < -0.3 is 5.32 Å². The van der Waals surface area contributed by atoms with Crippen LogP contribution in [0.5, 0.6) is 0 Å². The van der Waals surface area contributed by atoms with E-state index in [1.807, 2.05) is 12.3 Å². The number of hydrogen-bond acceptors (Lipinski definition) is 2. The molecule has 0 fully saturated rings. The van der Waals surface area contributed by atoms with Crippen LogP contribution >= 0.6 is 0 Å². The first kappa shape index (κ1) is 14.7. The lowest BCUT2D eigenvalue weighted by molar-refractivity contribution is 0.475. The maximum Gasteiger partial charge on any atom is 0.0404 e. The molecule has 0 amide bonds. The predicted molar refractivity (Wildman–Crippen MR) is 84.8 cm³/mol. The van der Waals surface area contributed by atoms with Crippen molar-refractivity contribution in [2.24, 2.45) is 0 Å². The van der Waals surface area contributed by atoms with Crippen LogP contribution < -0.4 is 5.32 Å². The Bertz CT molecular complexity index is 467. The van der Waals surface area contributed by atoms with Crippen molar-refractivity contribution < 1.29 is 0 Å². The van der Waals surface area contributed by atoms with Crippen LogP contribution in [0.15, 0.2) is 54.7 Å². The van der Waals surface area contributed by atoms with Crippen molar-refractivity contribution in [3.05, 3.63) is 66.0 Å². The zero-order chi connectivity index (χ0) is 14.0. The van der Waals surface area contributed by atoms with Crippen LogP contribution in [0.3, 0.4) is 0 Å². The van der Waals surface area contributed by atoms with Gasteiger partial charge in [0.1, 0.15) is 0 Å². The molecule has 0 saturated carbocycles. The maximum atomic E-state index is 4.41. The monoisotopic (exact) mass is 268 g/mol. The van der Waals surface area contributed by atoms with E-state index in [0.29, 0.717) is 6.04 Å². The second-order valence-corrected chi connectivity index (χ2v) is 5.20. The minimum atomic E-state index is 0.527. The number of nitrogens with zero attached hydrogens (tertiary/aromatic N) is 1. The molecule has 0 saturated heterocycles. The van der Waals surface area contributed by atoms with Crippen molar-refractivity contribution in [3.63, 3.8) is 0 Å². The van der Waals surface area contributed by atoms with Crippen molar-refractivity contribution in [3.8, 4) is 0 Å². The van der Waals surface area contributed by atoms with Crippen LogP contribution in [0.25, 0.3) is 0 Å². The summed E-state index contributed by atoms with van der Waals surface area (Å²) in [6.45, 7) is 3.30. The van der Waals surface area contributed by atoms with Crippen molar-refractivity contribution in [2.75, 3.05) is 6.54 Å². The molecule has 1 unspecified atom stereocenters. The quantitative estimate of drug-likeness (QED) is 0.791. The van der Waals surface area contributed by atoms with Gasteiger partial charge in [-0.2, -0.15) is 0 Å². The first-order valence-electron chi connectivity index (χ1n) is 7.55. The number of pyridine rings is 1. The minimum absolute atomic E-state index is 0.527. The van der Waals surface area contributed by atoms with E-state index in [0.717, 1.165) is 25.8 Å². The highest BCUT2D eigenvalue weighted by molar-refractivity contribution is 5.16. The number of rotatable bonds is 8. The molecule has 1 aromatic carbocycles. The molecule has 2 aromatic rings. The summed E-state index contributed by atoms with van der Waals surface area (Å²) in [5.41, 5.74) is 2.59. The van der Waals surface area contributed by atoms with Crippen LogP contribution in [0, 0.1) is 0 Å². The average Bonchev–Trinajstić information content (AvgIpc) is 2.52. The molecule has 0 aliphatic heterocycles. The third-order valence-corrected chi connectivity index (χ3v) is 3.48. The lowest BCUT2D eigenvalue weighted by atomic mass is 10.0. The van der Waals surface area contributed by atoms with E-state index in [2.05, 4.69) is 59.7 Å². The van der Waals surface area contributed by atoms with E-state index < -0.39 is 0 Å². The number of aromatic nitrogens is 1. The third-order valence-electron chi connectivity index (χ3n) is 3.48. The molecule has 0 bridgehead atoms. The molecule has 1 aromatic heterocycles. The molecule has 1 heterocycles. The third kappa shape index (κ3) is 5.14. The number of nitrogens with one attached hydrogen (secondary N) is 1. The lowest BCUT2D eigenvalue weighted by Crippen LogP contribution is -2.32. The summed E-state index contributed by atoms with van der Waals surface area (Å²) in [5.74, 6) is 0. The zero-order valence-corrected chi connectivity index (χ0v) is 12.3. The summed E-state index contributed by atoms with van der Waals surface area (Å²) in [5, 5.41) is 3.66. The second kappa shape index (κ2) is 8.49. The average molecular weight is 268 g/mol. The van der Waals surface area contributed by atoms with E-state index >= 15 is 0 Å². The predicted octanol–water partition coefficient (Wildman–Crippen LogP) is 3.63. The first-order valence-corrected chi connectivity index (χ1v) is 7.55. The summed E-state index contributed by atoms with van der Waals surface area (Å²) in [6, 6.07) is 17.4. The van der Waals surface area contributed by atoms with Crippen molar-refractivity contribution in [1.29, 1.82) is 0 Å². The van der Waals surface area contributed by atoms with Gasteiger partial charge in [0, 0.05) is 17.9 Å². The zero-order valence-electron chi connectivity index (χ0n) is 12.3. The second-order valence-electron chi connectivity index (χ2n) is 5.20. The molecule has 1 N–H and O–H groups in total. The topological polar surface area (TPSA) is 24.9 Å². The van der Waals surface area contributed by atoms with Crippen LogP contribution in [0.4, 0.5) is 0 Å². The normalized spacial score (nSPS) is 12.2. The Morgan fingerprint density at radius 1 is 1.05 bits per heavy atom. The minimum Gasteiger partial charge on any atom is -0.314 e. The van der Waals surface area contributed by atoms with Gasteiger partial charge in [-0.15, -0.1) is 0 Å². The highest BCUT2D eigenvalue weighted by Gasteiger charge is 2.09. The molecule has 0 spiro atoms. The van der Waals surface area contributed by atoms with Crippen LogP contribution in [0.2, 0.25) is 0 Å². The Labute approximate surface area is 122 Å². The molecule has 1 atom stereocenters. The molecular weight excluding hydrogens is 244 g/mol. The van der Waals surface area contributed by atoms with Gasteiger partial charge in [-0.3, -0.25) is 4.98 Å². The summed E-state index contributed by atoms with van der Waals surface area (Å²) >= 11 is 0. The van der Waals surface area contributed by atoms with Gasteiger partial charge in [-0.25, -0.2) is 0 Å². The lowest BCUT2D eigenvalue weighted by Gasteiger charge is -2.18. The van der Waals surface area contributed by atoms with E-state index in [4.69, 9.17) is 0 Å². The molecule has 2 nitrogen and oxygen atoms in total. The Hall–Kier alpha value is -1.67. The number of benzene rings is 1. The van der Waals surface area contributed by atoms with Crippen molar-refractivity contribution >= 4 is 0 Å². The van der Waals surface area contributed by atoms with Crippen LogP contribution in [-0.4, -0.2) is 17.6 Å². The van der Waals surface area contributed by atoms with Crippen LogP contribution in [-0.2, 0) is 12.8 Å². The molecule has 20 heavy (non-hydrogen) atoms. The van der Waals surface area contributed by atoms with E-state index in [1.54, 1.807) is 0 Å². The van der Waals surface area contributed by atoms with Gasteiger partial charge in [-0.1, -0.05) is 43.3 Å². The summed E-state index contributed by atoms with van der Waals surface area (Å²) in [4.78, 5) is 4.41. The van der Waals surface area contributed by atoms with Gasteiger partial charge in [-0.05, 0) is 49.9 Å².